The van der Waals surface area contributed by atoms with Gasteiger partial charge in [0.2, 0.25) is 0 Å². The number of aromatic nitrogens is 5. The van der Waals surface area contributed by atoms with Crippen LogP contribution in [0.3, 0.4) is 0 Å². The number of benzene rings is 2. The fourth-order valence-corrected chi connectivity index (χ4v) is 5.81. The molecule has 11 heteroatoms. The molecule has 0 aliphatic heterocycles. The zero-order valence-corrected chi connectivity index (χ0v) is 26.3. The Balaban J connectivity index is 1.39. The molecule has 0 fully saturated rings. The van der Waals surface area contributed by atoms with Crippen LogP contribution in [0.2, 0.25) is 0 Å². The van der Waals surface area contributed by atoms with Crippen LogP contribution in [-0.4, -0.2) is 54.9 Å². The summed E-state index contributed by atoms with van der Waals surface area (Å²) in [7, 11) is 1.61. The van der Waals surface area contributed by atoms with Gasteiger partial charge in [-0.1, -0.05) is 67.1 Å². The second-order valence-electron chi connectivity index (χ2n) is 12.0. The number of nitrogens with one attached hydrogen (secondary N) is 1. The molecule has 5 aromatic rings. The number of aliphatic hydroxyl groups is 1. The topological polar surface area (TPSA) is 137 Å². The summed E-state index contributed by atoms with van der Waals surface area (Å²) < 4.78 is 20.0. The van der Waals surface area contributed by atoms with Crippen LogP contribution in [0.25, 0.3) is 33.9 Å². The minimum atomic E-state index is -0.928. The average Bonchev–Trinajstić information content (AvgIpc) is 3.71. The number of hydrogen-bond acceptors (Lipinski definition) is 8. The highest BCUT2D eigenvalue weighted by Gasteiger charge is 2.23. The van der Waals surface area contributed by atoms with Crippen LogP contribution < -0.4 is 16.1 Å². The number of nitrogens with zero attached hydrogens (tertiary/aromatic N) is 4. The fraction of sp³-hybridized carbons (Fsp3) is 0.314. The number of methoxy groups -OCH3 is 1. The number of hydrogen-bond donors (Lipinski definition) is 2. The van der Waals surface area contributed by atoms with E-state index in [1.165, 1.54) is 0 Å². The molecule has 2 N–H and O–H groups in total. The summed E-state index contributed by atoms with van der Waals surface area (Å²) in [5.74, 6) is 0.333. The van der Waals surface area contributed by atoms with Crippen molar-refractivity contribution >= 4 is 11.3 Å². The summed E-state index contributed by atoms with van der Waals surface area (Å²) in [6, 6.07) is 15.3. The number of aromatic amines is 1. The van der Waals surface area contributed by atoms with Gasteiger partial charge in [0.25, 0.3) is 5.56 Å². The second kappa shape index (κ2) is 12.8. The van der Waals surface area contributed by atoms with E-state index >= 15 is 0 Å². The molecule has 0 saturated heterocycles. The minimum absolute atomic E-state index is 0.116. The third-order valence-corrected chi connectivity index (χ3v) is 7.94. The summed E-state index contributed by atoms with van der Waals surface area (Å²) in [6.45, 7) is 5.71. The largest absolute Gasteiger partial charge is 0.496 e. The first-order valence-electron chi connectivity index (χ1n) is 15.3. The van der Waals surface area contributed by atoms with Gasteiger partial charge < -0.3 is 14.6 Å². The molecule has 0 radical (unpaired) electrons. The van der Waals surface area contributed by atoms with Gasteiger partial charge in [0.05, 0.1) is 37.3 Å². The molecule has 1 atom stereocenters. The van der Waals surface area contributed by atoms with Gasteiger partial charge >= 0.3 is 5.76 Å². The van der Waals surface area contributed by atoms with Crippen LogP contribution in [0.15, 0.2) is 87.1 Å². The Morgan fingerprint density at radius 2 is 1.93 bits per heavy atom. The first-order valence-corrected chi connectivity index (χ1v) is 15.3. The molecule has 0 saturated carbocycles. The van der Waals surface area contributed by atoms with Gasteiger partial charge in [0.1, 0.15) is 11.4 Å². The number of rotatable bonds is 11. The molecule has 46 heavy (non-hydrogen) atoms. The van der Waals surface area contributed by atoms with Gasteiger partial charge in [-0.05, 0) is 55.5 Å². The smallest absolute Gasteiger partial charge is 0.439 e. The molecular weight excluding hydrogens is 586 g/mol. The van der Waals surface area contributed by atoms with Gasteiger partial charge in [-0.25, -0.2) is 9.31 Å². The summed E-state index contributed by atoms with van der Waals surface area (Å²) in [4.78, 5) is 28.7. The molecule has 0 bridgehead atoms. The maximum Gasteiger partial charge on any atom is 0.439 e. The first kappa shape index (κ1) is 31.0. The molecule has 2 aromatic carbocycles. The van der Waals surface area contributed by atoms with Crippen molar-refractivity contribution in [3.63, 3.8) is 0 Å². The van der Waals surface area contributed by atoms with Gasteiger partial charge in [-0.2, -0.15) is 5.10 Å². The van der Waals surface area contributed by atoms with E-state index in [4.69, 9.17) is 14.0 Å². The summed E-state index contributed by atoms with van der Waals surface area (Å²) in [6.07, 6.45) is 9.75. The predicted octanol–water partition coefficient (Wildman–Crippen LogP) is 5.02. The van der Waals surface area contributed by atoms with Gasteiger partial charge in [0, 0.05) is 29.3 Å². The van der Waals surface area contributed by atoms with Crippen LogP contribution in [0.5, 0.6) is 5.75 Å². The van der Waals surface area contributed by atoms with Gasteiger partial charge in [-0.15, -0.1) is 0 Å². The Kier molecular flexibility index (Phi) is 8.61. The van der Waals surface area contributed by atoms with Crippen LogP contribution in [0.1, 0.15) is 50.4 Å². The Bertz CT molecular complexity index is 2060. The maximum atomic E-state index is 14.4. The van der Waals surface area contributed by atoms with E-state index in [1.54, 1.807) is 31.7 Å². The fourth-order valence-electron chi connectivity index (χ4n) is 5.81. The lowest BCUT2D eigenvalue weighted by molar-refractivity contribution is -0.0389. The number of allylic oxidation sites excluding steroid dienone is 2. The van der Waals surface area contributed by atoms with E-state index in [0.717, 1.165) is 34.5 Å². The molecule has 3 heterocycles. The Labute approximate surface area is 265 Å². The lowest BCUT2D eigenvalue weighted by atomic mass is 9.95. The van der Waals surface area contributed by atoms with Crippen LogP contribution in [-0.2, 0) is 17.6 Å². The number of H-pyrrole nitrogens is 1. The number of aryl methyl sites for hydroxylation is 1. The molecule has 0 amide bonds. The predicted molar refractivity (Wildman–Crippen MR) is 175 cm³/mol. The van der Waals surface area contributed by atoms with E-state index in [0.29, 0.717) is 47.6 Å². The number of fused-ring (bicyclic) bond motifs is 1. The molecule has 0 unspecified atom stereocenters. The van der Waals surface area contributed by atoms with Crippen molar-refractivity contribution in [1.82, 2.24) is 24.3 Å². The van der Waals surface area contributed by atoms with Crippen molar-refractivity contribution in [3.8, 4) is 28.3 Å². The van der Waals surface area contributed by atoms with E-state index in [9.17, 15) is 14.7 Å². The zero-order chi connectivity index (χ0) is 32.4. The summed E-state index contributed by atoms with van der Waals surface area (Å²) >= 11 is 0. The quantitative estimate of drug-likeness (QED) is 0.209. The van der Waals surface area contributed by atoms with Crippen molar-refractivity contribution in [2.24, 2.45) is 0 Å². The van der Waals surface area contributed by atoms with Crippen LogP contribution in [0.4, 0.5) is 0 Å². The molecule has 238 valence electrons. The van der Waals surface area contributed by atoms with Gasteiger partial charge in [0.15, 0.2) is 5.82 Å². The van der Waals surface area contributed by atoms with Crippen LogP contribution >= 0.6 is 0 Å². The number of ether oxygens (including phenoxy) is 2. The van der Waals surface area contributed by atoms with E-state index in [-0.39, 0.29) is 18.3 Å². The molecule has 3 aromatic heterocycles. The molecule has 1 aliphatic rings. The molecular formula is C35H37N5O6. The average molecular weight is 624 g/mol. The van der Waals surface area contributed by atoms with E-state index in [1.807, 2.05) is 71.3 Å². The SMILES string of the molecule is CCCc1c(Cc2ccc(-c3ccccc3-c3noc(=O)[nH]3)cc2OC)c(=O)n(C2=CC[C@@H](OCC(C)(C)O)C=C2)c2ccnn12. The monoisotopic (exact) mass is 623 g/mol. The van der Waals surface area contributed by atoms with Crippen molar-refractivity contribution in [1.29, 1.82) is 0 Å². The van der Waals surface area contributed by atoms with Crippen molar-refractivity contribution in [3.05, 3.63) is 111 Å². The van der Waals surface area contributed by atoms with E-state index < -0.39 is 11.4 Å². The highest BCUT2D eigenvalue weighted by Crippen LogP contribution is 2.34. The van der Waals surface area contributed by atoms with Crippen molar-refractivity contribution in [2.75, 3.05) is 13.7 Å². The van der Waals surface area contributed by atoms with E-state index in [2.05, 4.69) is 22.2 Å². The highest BCUT2D eigenvalue weighted by molar-refractivity contribution is 5.81. The molecule has 11 nitrogen and oxygen atoms in total. The minimum Gasteiger partial charge on any atom is -0.496 e. The Morgan fingerprint density at radius 3 is 2.61 bits per heavy atom. The van der Waals surface area contributed by atoms with Gasteiger partial charge in [-0.3, -0.25) is 18.9 Å². The normalized spacial score (nSPS) is 15.0. The lowest BCUT2D eigenvalue weighted by Gasteiger charge is -2.24. The first-order chi connectivity index (χ1) is 22.2. The van der Waals surface area contributed by atoms with Crippen molar-refractivity contribution in [2.45, 2.75) is 58.2 Å². The molecule has 1 aliphatic carbocycles. The molecule has 6 rings (SSSR count). The third-order valence-electron chi connectivity index (χ3n) is 7.94. The Hall–Kier alpha value is -5.00. The third kappa shape index (κ3) is 6.24. The van der Waals surface area contributed by atoms with Crippen molar-refractivity contribution < 1.29 is 19.1 Å². The molecule has 0 spiro atoms. The second-order valence-corrected chi connectivity index (χ2v) is 12.0. The summed E-state index contributed by atoms with van der Waals surface area (Å²) in [5.41, 5.74) is 5.14. The maximum absolute atomic E-state index is 14.4. The highest BCUT2D eigenvalue weighted by atomic mass is 16.5. The standard InChI is InChI=1S/C35H37N5O6/c1-5-8-29-28(33(41)39(31-17-18-36-40(29)31)24-13-15-25(16-14-24)45-21-35(2,3)43)19-23-12-11-22(20-30(23)44-4)26-9-6-7-10-27(26)32-37-34(42)46-38-32/h6-7,9-15,17-18,20,25,43H,5,8,16,19,21H2,1-4H3,(H,37,38,42)/t25-/m0/s1. The summed E-state index contributed by atoms with van der Waals surface area (Å²) in [5, 5.41) is 18.6. The zero-order valence-electron chi connectivity index (χ0n) is 26.3. The van der Waals surface area contributed by atoms with Crippen LogP contribution in [0, 0.1) is 0 Å². The Morgan fingerprint density at radius 1 is 1.13 bits per heavy atom. The lowest BCUT2D eigenvalue weighted by Crippen LogP contribution is -2.31.